The minimum atomic E-state index is -4.70. The van der Waals surface area contributed by atoms with Crippen LogP contribution >= 0.6 is 0 Å². The molecular weight excluding hydrogens is 245 g/mol. The van der Waals surface area contributed by atoms with E-state index in [1.54, 1.807) is 0 Å². The molecule has 2 heterocycles. The van der Waals surface area contributed by atoms with Gasteiger partial charge in [0.25, 0.3) is 0 Å². The monoisotopic (exact) mass is 258 g/mol. The summed E-state index contributed by atoms with van der Waals surface area (Å²) < 4.78 is 52.6. The molecule has 0 spiro atoms. The van der Waals surface area contributed by atoms with Gasteiger partial charge in [-0.05, 0) is 13.8 Å². The van der Waals surface area contributed by atoms with Crippen molar-refractivity contribution in [2.75, 3.05) is 0 Å². The summed E-state index contributed by atoms with van der Waals surface area (Å²) in [5.41, 5.74) is 0. The zero-order valence-corrected chi connectivity index (χ0v) is 9.14. The third kappa shape index (κ3) is 2.27. The van der Waals surface area contributed by atoms with Gasteiger partial charge in [0.15, 0.2) is 18.2 Å². The fourth-order valence-electron chi connectivity index (χ4n) is 2.05. The van der Waals surface area contributed by atoms with Crippen LogP contribution < -0.4 is 0 Å². The van der Waals surface area contributed by atoms with E-state index in [-0.39, 0.29) is 0 Å². The van der Waals surface area contributed by atoms with Crippen LogP contribution in [0.2, 0.25) is 0 Å². The summed E-state index contributed by atoms with van der Waals surface area (Å²) in [4.78, 5) is 0. The molecule has 2 saturated heterocycles. The molecule has 100 valence electrons. The highest BCUT2D eigenvalue weighted by molar-refractivity contribution is 4.98. The van der Waals surface area contributed by atoms with Crippen molar-refractivity contribution in [2.24, 2.45) is 0 Å². The van der Waals surface area contributed by atoms with Crippen molar-refractivity contribution in [1.82, 2.24) is 0 Å². The Hall–Kier alpha value is -0.410. The van der Waals surface area contributed by atoms with Gasteiger partial charge in [-0.15, -0.1) is 0 Å². The van der Waals surface area contributed by atoms with E-state index in [4.69, 9.17) is 9.47 Å². The van der Waals surface area contributed by atoms with Crippen LogP contribution in [0.15, 0.2) is 0 Å². The molecular formula is C9H13F3O5. The molecule has 5 nitrogen and oxygen atoms in total. The molecule has 1 unspecified atom stereocenters. The second-order valence-corrected chi connectivity index (χ2v) is 4.54. The van der Waals surface area contributed by atoms with E-state index >= 15 is 0 Å². The van der Waals surface area contributed by atoms with Crippen molar-refractivity contribution in [2.45, 2.75) is 56.5 Å². The lowest BCUT2D eigenvalue weighted by molar-refractivity contribution is -0.330. The lowest BCUT2D eigenvalue weighted by atomic mass is 9.99. The smallest absolute Gasteiger partial charge is 0.385 e. The van der Waals surface area contributed by atoms with Gasteiger partial charge in [-0.3, -0.25) is 0 Å². The predicted molar refractivity (Wildman–Crippen MR) is 46.8 cm³/mol. The third-order valence-corrected chi connectivity index (χ3v) is 2.70. The second-order valence-electron chi connectivity index (χ2n) is 4.54. The molecule has 0 radical (unpaired) electrons. The summed E-state index contributed by atoms with van der Waals surface area (Å²) in [5, 5.41) is 18.7. The maximum absolute atomic E-state index is 12.7. The third-order valence-electron chi connectivity index (χ3n) is 2.70. The van der Waals surface area contributed by atoms with Crippen LogP contribution in [0.3, 0.4) is 0 Å². The first kappa shape index (κ1) is 13.0. The molecule has 0 bridgehead atoms. The van der Waals surface area contributed by atoms with Crippen molar-refractivity contribution in [3.05, 3.63) is 0 Å². The van der Waals surface area contributed by atoms with Gasteiger partial charge in [-0.1, -0.05) is 0 Å². The number of hydrogen-bond donors (Lipinski definition) is 2. The highest BCUT2D eigenvalue weighted by Gasteiger charge is 2.61. The fraction of sp³-hybridized carbons (Fsp3) is 1.00. The normalized spacial score (nSPS) is 45.7. The van der Waals surface area contributed by atoms with Crippen molar-refractivity contribution >= 4 is 0 Å². The number of hydrogen-bond acceptors (Lipinski definition) is 5. The number of ether oxygens (including phenoxy) is 3. The quantitative estimate of drug-likeness (QED) is 0.647. The number of aliphatic hydroxyl groups is 2. The zero-order valence-electron chi connectivity index (χ0n) is 9.14. The first-order chi connectivity index (χ1) is 7.62. The van der Waals surface area contributed by atoms with Crippen LogP contribution in [-0.2, 0) is 14.2 Å². The summed E-state index contributed by atoms with van der Waals surface area (Å²) in [5.74, 6) is -1.26. The van der Waals surface area contributed by atoms with Crippen LogP contribution in [0.5, 0.6) is 0 Å². The zero-order chi connectivity index (χ0) is 13.0. The minimum Gasteiger partial charge on any atom is -0.385 e. The molecule has 0 aliphatic carbocycles. The summed E-state index contributed by atoms with van der Waals surface area (Å²) in [7, 11) is 0. The van der Waals surface area contributed by atoms with E-state index in [9.17, 15) is 23.4 Å². The van der Waals surface area contributed by atoms with Gasteiger partial charge in [0, 0.05) is 0 Å². The molecule has 2 fully saturated rings. The van der Waals surface area contributed by atoms with Crippen molar-refractivity contribution in [3.8, 4) is 0 Å². The van der Waals surface area contributed by atoms with Crippen molar-refractivity contribution in [3.63, 3.8) is 0 Å². The van der Waals surface area contributed by atoms with Crippen LogP contribution in [0.25, 0.3) is 0 Å². The van der Waals surface area contributed by atoms with Gasteiger partial charge in [0.2, 0.25) is 0 Å². The second kappa shape index (κ2) is 3.79. The van der Waals surface area contributed by atoms with Gasteiger partial charge in [-0.2, -0.15) is 13.2 Å². The van der Waals surface area contributed by atoms with Gasteiger partial charge < -0.3 is 24.4 Å². The topological polar surface area (TPSA) is 68.2 Å². The number of fused-ring (bicyclic) bond motifs is 1. The maximum Gasteiger partial charge on any atom is 0.417 e. The van der Waals surface area contributed by atoms with Gasteiger partial charge in [0.05, 0.1) is 0 Å². The SMILES string of the molecule is CC1(C)O[C@@H]2[C@H](O1)[C@H](C(F)(F)F)OC(O)[C@H]2O. The largest absolute Gasteiger partial charge is 0.417 e. The maximum atomic E-state index is 12.7. The number of rotatable bonds is 0. The van der Waals surface area contributed by atoms with Crippen LogP contribution in [0.1, 0.15) is 13.8 Å². The first-order valence-corrected chi connectivity index (χ1v) is 5.06. The lowest BCUT2D eigenvalue weighted by Crippen LogP contribution is -2.60. The van der Waals surface area contributed by atoms with E-state index < -0.39 is 42.7 Å². The van der Waals surface area contributed by atoms with E-state index in [2.05, 4.69) is 4.74 Å². The summed E-state index contributed by atoms with van der Waals surface area (Å²) >= 11 is 0. The Balaban J connectivity index is 2.27. The summed E-state index contributed by atoms with van der Waals surface area (Å²) in [6.07, 6.45) is -13.3. The molecule has 0 saturated carbocycles. The van der Waals surface area contributed by atoms with Crippen molar-refractivity contribution < 1.29 is 37.6 Å². The molecule has 2 aliphatic rings. The van der Waals surface area contributed by atoms with Crippen molar-refractivity contribution in [1.29, 1.82) is 0 Å². The molecule has 2 rings (SSSR count). The van der Waals surface area contributed by atoms with Gasteiger partial charge >= 0.3 is 6.18 Å². The van der Waals surface area contributed by atoms with Gasteiger partial charge in [0.1, 0.15) is 18.3 Å². The van der Waals surface area contributed by atoms with E-state index in [1.165, 1.54) is 13.8 Å². The number of alkyl halides is 3. The summed E-state index contributed by atoms with van der Waals surface area (Å²) in [6.45, 7) is 2.86. The highest BCUT2D eigenvalue weighted by atomic mass is 19.4. The molecule has 8 heteroatoms. The van der Waals surface area contributed by atoms with E-state index in [0.29, 0.717) is 0 Å². The molecule has 0 aromatic heterocycles. The minimum absolute atomic E-state index is 1.26. The average molecular weight is 258 g/mol. The Bertz CT molecular complexity index is 305. The molecule has 17 heavy (non-hydrogen) atoms. The average Bonchev–Trinajstić information content (AvgIpc) is 2.46. The molecule has 0 aromatic rings. The van der Waals surface area contributed by atoms with E-state index in [1.807, 2.05) is 0 Å². The Labute approximate surface area is 95.1 Å². The molecule has 5 atom stereocenters. The molecule has 2 aliphatic heterocycles. The first-order valence-electron chi connectivity index (χ1n) is 5.06. The fourth-order valence-corrected chi connectivity index (χ4v) is 2.05. The summed E-state index contributed by atoms with van der Waals surface area (Å²) in [6, 6.07) is 0. The molecule has 0 aromatic carbocycles. The molecule has 2 N–H and O–H groups in total. The lowest BCUT2D eigenvalue weighted by Gasteiger charge is -2.38. The molecule has 0 amide bonds. The van der Waals surface area contributed by atoms with Crippen LogP contribution in [-0.4, -0.2) is 52.9 Å². The number of aliphatic hydroxyl groups excluding tert-OH is 2. The van der Waals surface area contributed by atoms with E-state index in [0.717, 1.165) is 0 Å². The Morgan fingerprint density at radius 2 is 1.59 bits per heavy atom. The number of halogens is 3. The standard InChI is InChI=1S/C9H13F3O5/c1-8(2)16-4-3(13)7(14)15-6(5(4)17-8)9(10,11)12/h3-7,13-14H,1-2H3/t3-,4-,5-,6+,7?/m0/s1. The highest BCUT2D eigenvalue weighted by Crippen LogP contribution is 2.41. The Kier molecular flexibility index (Phi) is 2.91. The predicted octanol–water partition coefficient (Wildman–Crippen LogP) is 0.147. The Morgan fingerprint density at radius 1 is 1.06 bits per heavy atom. The van der Waals surface area contributed by atoms with Gasteiger partial charge in [-0.25, -0.2) is 0 Å². The Morgan fingerprint density at radius 3 is 2.12 bits per heavy atom. The van der Waals surface area contributed by atoms with Crippen LogP contribution in [0, 0.1) is 0 Å². The van der Waals surface area contributed by atoms with Crippen LogP contribution in [0.4, 0.5) is 13.2 Å².